The zero-order valence-electron chi connectivity index (χ0n) is 9.01. The Balaban J connectivity index is 2.26. The van der Waals surface area contributed by atoms with Crippen LogP contribution in [0.2, 0.25) is 0 Å². The molecule has 0 amide bonds. The molecule has 1 saturated carbocycles. The van der Waals surface area contributed by atoms with E-state index in [2.05, 4.69) is 31.1 Å². The monoisotopic (exact) mass is 201 g/mol. The molecule has 0 radical (unpaired) electrons. The molecule has 1 aliphatic carbocycles. The summed E-state index contributed by atoms with van der Waals surface area (Å²) in [5.74, 6) is 3.51. The molecule has 2 heteroatoms. The molecule has 0 aromatic heterocycles. The molecule has 0 aliphatic heterocycles. The van der Waals surface area contributed by atoms with E-state index in [1.807, 2.05) is 0 Å². The molecular formula is C11H23NS. The Bertz CT molecular complexity index is 121. The topological polar surface area (TPSA) is 12.0 Å². The van der Waals surface area contributed by atoms with Crippen LogP contribution in [-0.4, -0.2) is 24.6 Å². The molecule has 0 spiro atoms. The second-order valence-corrected chi connectivity index (χ2v) is 5.27. The predicted octanol–water partition coefficient (Wildman–Crippen LogP) is 2.91. The summed E-state index contributed by atoms with van der Waals surface area (Å²) < 4.78 is 0. The van der Waals surface area contributed by atoms with Crippen molar-refractivity contribution in [3.8, 4) is 0 Å². The minimum Gasteiger partial charge on any atom is -0.316 e. The van der Waals surface area contributed by atoms with Crippen LogP contribution in [0.1, 0.15) is 39.0 Å². The van der Waals surface area contributed by atoms with Crippen molar-refractivity contribution in [3.63, 3.8) is 0 Å². The van der Waals surface area contributed by atoms with Gasteiger partial charge in [0.15, 0.2) is 0 Å². The first kappa shape index (κ1) is 11.4. The zero-order valence-corrected chi connectivity index (χ0v) is 9.83. The second kappa shape index (κ2) is 6.72. The number of hydrogen-bond donors (Lipinski definition) is 1. The number of rotatable bonds is 5. The molecule has 1 aliphatic rings. The third-order valence-corrected chi connectivity index (χ3v) is 4.09. The van der Waals surface area contributed by atoms with Crippen molar-refractivity contribution in [2.75, 3.05) is 18.6 Å². The van der Waals surface area contributed by atoms with Crippen molar-refractivity contribution in [3.05, 3.63) is 0 Å². The van der Waals surface area contributed by atoms with Crippen LogP contribution < -0.4 is 5.32 Å². The molecule has 0 heterocycles. The molecule has 0 bridgehead atoms. The van der Waals surface area contributed by atoms with Gasteiger partial charge < -0.3 is 5.32 Å². The molecule has 13 heavy (non-hydrogen) atoms. The average Bonchev–Trinajstić information content (AvgIpc) is 2.21. The van der Waals surface area contributed by atoms with Gasteiger partial charge in [0, 0.05) is 11.8 Å². The van der Waals surface area contributed by atoms with Crippen molar-refractivity contribution >= 4 is 11.8 Å². The van der Waals surface area contributed by atoms with E-state index in [4.69, 9.17) is 0 Å². The van der Waals surface area contributed by atoms with Crippen LogP contribution in [0.25, 0.3) is 0 Å². The lowest BCUT2D eigenvalue weighted by molar-refractivity contribution is 0.295. The van der Waals surface area contributed by atoms with Gasteiger partial charge >= 0.3 is 0 Å². The third-order valence-electron chi connectivity index (χ3n) is 3.09. The van der Waals surface area contributed by atoms with Crippen molar-refractivity contribution in [1.82, 2.24) is 5.32 Å². The highest BCUT2D eigenvalue weighted by molar-refractivity contribution is 7.99. The van der Waals surface area contributed by atoms with Gasteiger partial charge in [0.05, 0.1) is 0 Å². The SMILES string of the molecule is CCSCC(NC)C1CCCCC1. The van der Waals surface area contributed by atoms with Crippen LogP contribution in [0.15, 0.2) is 0 Å². The maximum absolute atomic E-state index is 3.49. The van der Waals surface area contributed by atoms with Gasteiger partial charge in [0.25, 0.3) is 0 Å². The third kappa shape index (κ3) is 3.90. The molecule has 1 unspecified atom stereocenters. The average molecular weight is 201 g/mol. The fraction of sp³-hybridized carbons (Fsp3) is 1.00. The van der Waals surface area contributed by atoms with Crippen LogP contribution in [0.4, 0.5) is 0 Å². The lowest BCUT2D eigenvalue weighted by Gasteiger charge is -2.29. The minimum atomic E-state index is 0.769. The van der Waals surface area contributed by atoms with Gasteiger partial charge in [0.2, 0.25) is 0 Å². The summed E-state index contributed by atoms with van der Waals surface area (Å²) in [6.07, 6.45) is 7.29. The van der Waals surface area contributed by atoms with Gasteiger partial charge in [-0.2, -0.15) is 11.8 Å². The van der Waals surface area contributed by atoms with E-state index in [-0.39, 0.29) is 0 Å². The van der Waals surface area contributed by atoms with Gasteiger partial charge in [-0.3, -0.25) is 0 Å². The van der Waals surface area contributed by atoms with E-state index < -0.39 is 0 Å². The van der Waals surface area contributed by atoms with Crippen LogP contribution in [0, 0.1) is 5.92 Å². The predicted molar refractivity (Wildman–Crippen MR) is 62.4 cm³/mol. The zero-order chi connectivity index (χ0) is 9.52. The van der Waals surface area contributed by atoms with E-state index >= 15 is 0 Å². The first-order valence-electron chi connectivity index (χ1n) is 5.63. The summed E-state index contributed by atoms with van der Waals surface area (Å²) in [5, 5.41) is 3.49. The Morgan fingerprint density at radius 1 is 1.31 bits per heavy atom. The van der Waals surface area contributed by atoms with Gasteiger partial charge in [-0.05, 0) is 31.6 Å². The summed E-state index contributed by atoms with van der Waals surface area (Å²) in [6, 6.07) is 0.769. The second-order valence-electron chi connectivity index (χ2n) is 3.95. The molecule has 1 N–H and O–H groups in total. The highest BCUT2D eigenvalue weighted by Gasteiger charge is 2.21. The Morgan fingerprint density at radius 2 is 2.00 bits per heavy atom. The van der Waals surface area contributed by atoms with Crippen LogP contribution in [-0.2, 0) is 0 Å². The van der Waals surface area contributed by atoms with E-state index in [9.17, 15) is 0 Å². The number of hydrogen-bond acceptors (Lipinski definition) is 2. The normalized spacial score (nSPS) is 21.7. The minimum absolute atomic E-state index is 0.769. The van der Waals surface area contributed by atoms with Gasteiger partial charge in [-0.25, -0.2) is 0 Å². The molecule has 1 nitrogen and oxygen atoms in total. The maximum atomic E-state index is 3.49. The molecule has 1 rings (SSSR count). The summed E-state index contributed by atoms with van der Waals surface area (Å²) in [5.41, 5.74) is 0. The molecule has 1 atom stereocenters. The Kier molecular flexibility index (Phi) is 5.88. The first-order chi connectivity index (χ1) is 6.38. The molecule has 0 aromatic rings. The van der Waals surface area contributed by atoms with Crippen LogP contribution in [0.5, 0.6) is 0 Å². The fourth-order valence-corrected chi connectivity index (χ4v) is 3.16. The highest BCUT2D eigenvalue weighted by atomic mass is 32.2. The van der Waals surface area contributed by atoms with Crippen molar-refractivity contribution < 1.29 is 0 Å². The van der Waals surface area contributed by atoms with Gasteiger partial charge in [-0.1, -0.05) is 26.2 Å². The largest absolute Gasteiger partial charge is 0.316 e. The Morgan fingerprint density at radius 3 is 2.54 bits per heavy atom. The molecule has 0 saturated heterocycles. The first-order valence-corrected chi connectivity index (χ1v) is 6.79. The van der Waals surface area contributed by atoms with E-state index in [0.717, 1.165) is 12.0 Å². The van der Waals surface area contributed by atoms with Crippen LogP contribution >= 0.6 is 11.8 Å². The van der Waals surface area contributed by atoms with Gasteiger partial charge in [0.1, 0.15) is 0 Å². The summed E-state index contributed by atoms with van der Waals surface area (Å²) in [6.45, 7) is 2.25. The molecule has 0 aromatic carbocycles. The standard InChI is InChI=1S/C11H23NS/c1-3-13-9-11(12-2)10-7-5-4-6-8-10/h10-12H,3-9H2,1-2H3. The summed E-state index contributed by atoms with van der Waals surface area (Å²) >= 11 is 2.07. The maximum Gasteiger partial charge on any atom is 0.0183 e. The summed E-state index contributed by atoms with van der Waals surface area (Å²) in [7, 11) is 2.12. The van der Waals surface area contributed by atoms with E-state index in [1.165, 1.54) is 43.6 Å². The lowest BCUT2D eigenvalue weighted by Crippen LogP contribution is -2.36. The van der Waals surface area contributed by atoms with E-state index in [1.54, 1.807) is 0 Å². The van der Waals surface area contributed by atoms with Gasteiger partial charge in [-0.15, -0.1) is 0 Å². The van der Waals surface area contributed by atoms with Crippen LogP contribution in [0.3, 0.4) is 0 Å². The number of nitrogens with one attached hydrogen (secondary N) is 1. The smallest absolute Gasteiger partial charge is 0.0183 e. The number of thioether (sulfide) groups is 1. The molecule has 78 valence electrons. The quantitative estimate of drug-likeness (QED) is 0.734. The van der Waals surface area contributed by atoms with Crippen molar-refractivity contribution in [1.29, 1.82) is 0 Å². The highest BCUT2D eigenvalue weighted by Crippen LogP contribution is 2.27. The summed E-state index contributed by atoms with van der Waals surface area (Å²) in [4.78, 5) is 0. The van der Waals surface area contributed by atoms with Crippen molar-refractivity contribution in [2.24, 2.45) is 5.92 Å². The molecule has 1 fully saturated rings. The Hall–Kier alpha value is 0.310. The molecular weight excluding hydrogens is 178 g/mol. The fourth-order valence-electron chi connectivity index (χ4n) is 2.24. The Labute approximate surface area is 87.1 Å². The van der Waals surface area contributed by atoms with E-state index in [0.29, 0.717) is 0 Å². The lowest BCUT2D eigenvalue weighted by atomic mass is 9.84. The van der Waals surface area contributed by atoms with Crippen molar-refractivity contribution in [2.45, 2.75) is 45.1 Å².